The topological polar surface area (TPSA) is 47.3 Å². The second-order valence-corrected chi connectivity index (χ2v) is 5.77. The molecule has 0 aliphatic carbocycles. The molecule has 0 amide bonds. The third kappa shape index (κ3) is 3.21. The van der Waals surface area contributed by atoms with Crippen LogP contribution in [0, 0.1) is 0 Å². The highest BCUT2D eigenvalue weighted by atomic mass is 35.5. The molecule has 0 fully saturated rings. The molecule has 1 unspecified atom stereocenters. The van der Waals surface area contributed by atoms with Crippen LogP contribution >= 0.6 is 11.6 Å². The van der Waals surface area contributed by atoms with Gasteiger partial charge in [-0.15, -0.1) is 0 Å². The molecule has 0 saturated heterocycles. The molecule has 21 heavy (non-hydrogen) atoms. The van der Waals surface area contributed by atoms with Gasteiger partial charge in [0.15, 0.2) is 0 Å². The molecule has 110 valence electrons. The molecule has 2 aromatic rings. The number of nitrogens with one attached hydrogen (secondary N) is 1. The monoisotopic (exact) mass is 302 g/mol. The van der Waals surface area contributed by atoms with Gasteiger partial charge in [-0.3, -0.25) is 11.3 Å². The van der Waals surface area contributed by atoms with Crippen LogP contribution in [0.15, 0.2) is 42.5 Å². The number of fused-ring (bicyclic) bond motifs is 1. The van der Waals surface area contributed by atoms with E-state index in [0.717, 1.165) is 42.2 Å². The number of rotatable bonds is 4. The van der Waals surface area contributed by atoms with Crippen molar-refractivity contribution in [2.24, 2.45) is 5.84 Å². The minimum absolute atomic E-state index is 0.0271. The third-order valence-electron chi connectivity index (χ3n) is 3.89. The highest BCUT2D eigenvalue weighted by Gasteiger charge is 2.20. The number of para-hydroxylation sites is 1. The first-order valence-electron chi connectivity index (χ1n) is 7.23. The van der Waals surface area contributed by atoms with Crippen molar-refractivity contribution in [3.8, 4) is 5.75 Å². The number of hydrogen-bond donors (Lipinski definition) is 2. The van der Waals surface area contributed by atoms with Crippen LogP contribution in [0.5, 0.6) is 5.75 Å². The maximum absolute atomic E-state index is 5.93. The van der Waals surface area contributed by atoms with Crippen LogP contribution in [0.25, 0.3) is 0 Å². The van der Waals surface area contributed by atoms with E-state index < -0.39 is 0 Å². The number of aryl methyl sites for hydroxylation is 1. The quantitative estimate of drug-likeness (QED) is 0.672. The first-order chi connectivity index (χ1) is 10.3. The van der Waals surface area contributed by atoms with Crippen molar-refractivity contribution in [1.82, 2.24) is 5.43 Å². The van der Waals surface area contributed by atoms with Crippen LogP contribution in [-0.4, -0.2) is 6.61 Å². The zero-order valence-corrected chi connectivity index (χ0v) is 12.6. The highest BCUT2D eigenvalue weighted by molar-refractivity contribution is 6.30. The first-order valence-corrected chi connectivity index (χ1v) is 7.61. The number of hydrazine groups is 1. The molecule has 3 rings (SSSR count). The molecule has 0 spiro atoms. The van der Waals surface area contributed by atoms with E-state index in [-0.39, 0.29) is 6.04 Å². The molecular weight excluding hydrogens is 284 g/mol. The van der Waals surface area contributed by atoms with Gasteiger partial charge in [-0.1, -0.05) is 41.9 Å². The molecule has 4 heteroatoms. The fourth-order valence-electron chi connectivity index (χ4n) is 2.80. The van der Waals surface area contributed by atoms with E-state index in [9.17, 15) is 0 Å². The van der Waals surface area contributed by atoms with Gasteiger partial charge in [-0.05, 0) is 42.5 Å². The maximum Gasteiger partial charge on any atom is 0.127 e. The van der Waals surface area contributed by atoms with Gasteiger partial charge in [0.05, 0.1) is 12.6 Å². The van der Waals surface area contributed by atoms with Crippen LogP contribution in [0.2, 0.25) is 5.02 Å². The molecule has 1 heterocycles. The Hall–Kier alpha value is -1.55. The van der Waals surface area contributed by atoms with Crippen molar-refractivity contribution in [3.05, 3.63) is 64.2 Å². The summed E-state index contributed by atoms with van der Waals surface area (Å²) in [6.07, 6.45) is 2.95. The smallest absolute Gasteiger partial charge is 0.127 e. The van der Waals surface area contributed by atoms with Gasteiger partial charge < -0.3 is 4.74 Å². The van der Waals surface area contributed by atoms with Gasteiger partial charge in [0.1, 0.15) is 5.75 Å². The van der Waals surface area contributed by atoms with Gasteiger partial charge in [0.2, 0.25) is 0 Å². The molecule has 2 aromatic carbocycles. The molecule has 3 N–H and O–H groups in total. The van der Waals surface area contributed by atoms with Crippen molar-refractivity contribution in [1.29, 1.82) is 0 Å². The molecular formula is C17H19ClN2O. The average molecular weight is 303 g/mol. The summed E-state index contributed by atoms with van der Waals surface area (Å²) in [4.78, 5) is 0. The summed E-state index contributed by atoms with van der Waals surface area (Å²) < 4.78 is 5.88. The molecule has 1 aliphatic rings. The number of benzene rings is 2. The van der Waals surface area contributed by atoms with E-state index in [1.807, 2.05) is 24.3 Å². The van der Waals surface area contributed by atoms with Crippen molar-refractivity contribution in [2.75, 3.05) is 6.61 Å². The average Bonchev–Trinajstić information content (AvgIpc) is 2.54. The Morgan fingerprint density at radius 1 is 1.19 bits per heavy atom. The zero-order valence-electron chi connectivity index (χ0n) is 11.8. The molecule has 0 saturated carbocycles. The molecule has 0 aromatic heterocycles. The first kappa shape index (κ1) is 14.4. The lowest BCUT2D eigenvalue weighted by atomic mass is 9.94. The van der Waals surface area contributed by atoms with Gasteiger partial charge in [-0.25, -0.2) is 0 Å². The summed E-state index contributed by atoms with van der Waals surface area (Å²) in [5, 5.41) is 0.747. The molecule has 0 radical (unpaired) electrons. The van der Waals surface area contributed by atoms with E-state index in [1.165, 1.54) is 11.1 Å². The Bertz CT molecular complexity index is 613. The molecule has 1 atom stereocenters. The maximum atomic E-state index is 5.93. The van der Waals surface area contributed by atoms with E-state index in [4.69, 9.17) is 22.2 Å². The Labute approximate surface area is 130 Å². The highest BCUT2D eigenvalue weighted by Crippen LogP contribution is 2.34. The largest absolute Gasteiger partial charge is 0.493 e. The Kier molecular flexibility index (Phi) is 4.44. The van der Waals surface area contributed by atoms with Crippen LogP contribution in [0.1, 0.15) is 29.2 Å². The van der Waals surface area contributed by atoms with Crippen molar-refractivity contribution in [2.45, 2.75) is 25.3 Å². The van der Waals surface area contributed by atoms with Crippen LogP contribution in [0.3, 0.4) is 0 Å². The van der Waals surface area contributed by atoms with Crippen LogP contribution in [-0.2, 0) is 12.8 Å². The lowest BCUT2D eigenvalue weighted by molar-refractivity contribution is 0.281. The van der Waals surface area contributed by atoms with Crippen LogP contribution < -0.4 is 16.0 Å². The molecule has 1 aliphatic heterocycles. The van der Waals surface area contributed by atoms with E-state index in [1.54, 1.807) is 0 Å². The summed E-state index contributed by atoms with van der Waals surface area (Å²) in [6, 6.07) is 14.2. The minimum atomic E-state index is 0.0271. The summed E-state index contributed by atoms with van der Waals surface area (Å²) in [5.74, 6) is 6.78. The predicted molar refractivity (Wildman–Crippen MR) is 85.5 cm³/mol. The number of ether oxygens (including phenoxy) is 1. The normalized spacial score (nSPS) is 15.1. The predicted octanol–water partition coefficient (Wildman–Crippen LogP) is 3.41. The molecule has 0 bridgehead atoms. The van der Waals surface area contributed by atoms with Crippen molar-refractivity contribution in [3.63, 3.8) is 0 Å². The van der Waals surface area contributed by atoms with E-state index in [2.05, 4.69) is 23.6 Å². The lowest BCUT2D eigenvalue weighted by Gasteiger charge is -2.25. The SMILES string of the molecule is NNC(Cc1ccc(Cl)cc1)c1cccc2c1OCCC2. The van der Waals surface area contributed by atoms with Crippen molar-refractivity contribution < 1.29 is 4.74 Å². The number of halogens is 1. The molecule has 3 nitrogen and oxygen atoms in total. The second-order valence-electron chi connectivity index (χ2n) is 5.34. The second kappa shape index (κ2) is 6.48. The lowest BCUT2D eigenvalue weighted by Crippen LogP contribution is -2.30. The summed E-state index contributed by atoms with van der Waals surface area (Å²) in [7, 11) is 0. The van der Waals surface area contributed by atoms with E-state index in [0.29, 0.717) is 0 Å². The van der Waals surface area contributed by atoms with Gasteiger partial charge in [-0.2, -0.15) is 0 Å². The van der Waals surface area contributed by atoms with Gasteiger partial charge in [0, 0.05) is 10.6 Å². The minimum Gasteiger partial charge on any atom is -0.493 e. The van der Waals surface area contributed by atoms with Crippen LogP contribution in [0.4, 0.5) is 0 Å². The Balaban J connectivity index is 1.88. The fourth-order valence-corrected chi connectivity index (χ4v) is 2.93. The standard InChI is InChI=1S/C17H19ClN2O/c18-14-8-6-12(7-9-14)11-16(20-19)15-5-1-3-13-4-2-10-21-17(13)15/h1,3,5-9,16,20H,2,4,10-11,19H2. The Morgan fingerprint density at radius 2 is 2.00 bits per heavy atom. The zero-order chi connectivity index (χ0) is 14.7. The number of nitrogens with two attached hydrogens (primary N) is 1. The fraction of sp³-hybridized carbons (Fsp3) is 0.294. The Morgan fingerprint density at radius 3 is 2.76 bits per heavy atom. The van der Waals surface area contributed by atoms with Gasteiger partial charge >= 0.3 is 0 Å². The summed E-state index contributed by atoms with van der Waals surface area (Å²) in [6.45, 7) is 0.780. The summed E-state index contributed by atoms with van der Waals surface area (Å²) >= 11 is 5.93. The summed E-state index contributed by atoms with van der Waals surface area (Å²) in [5.41, 5.74) is 6.51. The van der Waals surface area contributed by atoms with Crippen molar-refractivity contribution >= 4 is 11.6 Å². The van der Waals surface area contributed by atoms with Gasteiger partial charge in [0.25, 0.3) is 0 Å². The number of hydrogen-bond acceptors (Lipinski definition) is 3. The van der Waals surface area contributed by atoms with E-state index >= 15 is 0 Å². The third-order valence-corrected chi connectivity index (χ3v) is 4.15.